The topological polar surface area (TPSA) is 93.1 Å². The molecule has 44 heavy (non-hydrogen) atoms. The standard InChI is InChI=1S/C38H38O6/c1-3-5-7-11-19-43-37(41)33-23-31-21-27(15-17-29(31)25-35(33)39)13-9-10-14-28-16-18-30-26-36(40)34(24-32(30)22-28)38(42)44-20-12-8-6-4-2/h15-18,21-26,39-40H,3-8,11-12,19-20H2,1-2H3. The monoisotopic (exact) mass is 590 g/mol. The molecule has 0 aromatic heterocycles. The minimum absolute atomic E-state index is 0.113. The number of fused-ring (bicyclic) bond motifs is 2. The number of aromatic hydroxyl groups is 2. The van der Waals surface area contributed by atoms with Gasteiger partial charge in [0.15, 0.2) is 0 Å². The molecule has 0 heterocycles. The van der Waals surface area contributed by atoms with Crippen molar-refractivity contribution in [3.8, 4) is 35.2 Å². The van der Waals surface area contributed by atoms with Gasteiger partial charge < -0.3 is 19.7 Å². The summed E-state index contributed by atoms with van der Waals surface area (Å²) in [6.45, 7) is 4.90. The lowest BCUT2D eigenvalue weighted by molar-refractivity contribution is 0.0485. The molecule has 2 N–H and O–H groups in total. The van der Waals surface area contributed by atoms with E-state index in [4.69, 9.17) is 9.47 Å². The van der Waals surface area contributed by atoms with Crippen LogP contribution in [0.4, 0.5) is 0 Å². The average Bonchev–Trinajstić information content (AvgIpc) is 3.02. The number of phenolic OH excluding ortho intramolecular Hbond substituents is 2. The average molecular weight is 591 g/mol. The second-order valence-electron chi connectivity index (χ2n) is 10.8. The summed E-state index contributed by atoms with van der Waals surface area (Å²) < 4.78 is 10.7. The lowest BCUT2D eigenvalue weighted by atomic mass is 10.0. The molecule has 0 saturated carbocycles. The molecule has 0 bridgehead atoms. The molecule has 0 radical (unpaired) electrons. The zero-order chi connectivity index (χ0) is 31.3. The fourth-order valence-corrected chi connectivity index (χ4v) is 4.80. The molecule has 6 nitrogen and oxygen atoms in total. The highest BCUT2D eigenvalue weighted by atomic mass is 16.5. The minimum atomic E-state index is -0.541. The molecule has 0 atom stereocenters. The maximum atomic E-state index is 12.5. The lowest BCUT2D eigenvalue weighted by Crippen LogP contribution is -2.07. The van der Waals surface area contributed by atoms with E-state index in [1.165, 1.54) is 0 Å². The van der Waals surface area contributed by atoms with E-state index in [-0.39, 0.29) is 22.6 Å². The first-order valence-corrected chi connectivity index (χ1v) is 15.3. The van der Waals surface area contributed by atoms with Crippen molar-refractivity contribution in [3.05, 3.63) is 82.9 Å². The first-order valence-electron chi connectivity index (χ1n) is 15.3. The SMILES string of the molecule is CCCCCCOC(=O)c1cc2cc(C#CC#Cc3ccc4cc(O)c(C(=O)OCCCCCC)cc4c3)ccc2cc1O. The molecule has 4 aromatic carbocycles. The number of rotatable bonds is 12. The van der Waals surface area contributed by atoms with Crippen molar-refractivity contribution in [1.29, 1.82) is 0 Å². The summed E-state index contributed by atoms with van der Waals surface area (Å²) in [7, 11) is 0. The Labute approximate surface area is 259 Å². The quantitative estimate of drug-likeness (QED) is 0.0980. The molecule has 4 aromatic rings. The number of carbonyl (C=O) groups excluding carboxylic acids is 2. The van der Waals surface area contributed by atoms with E-state index in [1.807, 2.05) is 36.4 Å². The predicted octanol–water partition coefficient (Wildman–Crippen LogP) is 8.28. The molecule has 4 rings (SSSR count). The van der Waals surface area contributed by atoms with Crippen molar-refractivity contribution in [3.63, 3.8) is 0 Å². The predicted molar refractivity (Wildman–Crippen MR) is 174 cm³/mol. The Morgan fingerprint density at radius 1 is 0.568 bits per heavy atom. The second-order valence-corrected chi connectivity index (χ2v) is 10.8. The summed E-state index contributed by atoms with van der Waals surface area (Å²) in [6, 6.07) is 17.4. The van der Waals surface area contributed by atoms with Crippen LogP contribution in [-0.4, -0.2) is 35.4 Å². The summed E-state index contributed by atoms with van der Waals surface area (Å²) in [5, 5.41) is 23.8. The van der Waals surface area contributed by atoms with Crippen LogP contribution >= 0.6 is 0 Å². The van der Waals surface area contributed by atoms with Crippen LogP contribution in [0, 0.1) is 23.7 Å². The van der Waals surface area contributed by atoms with Crippen molar-refractivity contribution in [2.75, 3.05) is 13.2 Å². The van der Waals surface area contributed by atoms with Gasteiger partial charge in [-0.25, -0.2) is 9.59 Å². The van der Waals surface area contributed by atoms with E-state index in [9.17, 15) is 19.8 Å². The van der Waals surface area contributed by atoms with E-state index in [0.717, 1.165) is 72.9 Å². The molecule has 0 aliphatic rings. The highest BCUT2D eigenvalue weighted by Crippen LogP contribution is 2.28. The van der Waals surface area contributed by atoms with Crippen molar-refractivity contribution in [2.45, 2.75) is 65.2 Å². The summed E-state index contributed by atoms with van der Waals surface area (Å²) in [5.74, 6) is 10.5. The summed E-state index contributed by atoms with van der Waals surface area (Å²) in [6.07, 6.45) is 7.99. The van der Waals surface area contributed by atoms with Crippen molar-refractivity contribution in [1.82, 2.24) is 0 Å². The maximum absolute atomic E-state index is 12.5. The number of ether oxygens (including phenoxy) is 2. The van der Waals surface area contributed by atoms with Gasteiger partial charge in [-0.2, -0.15) is 0 Å². The van der Waals surface area contributed by atoms with Crippen LogP contribution in [0.3, 0.4) is 0 Å². The third-order valence-corrected chi connectivity index (χ3v) is 7.29. The molecule has 0 saturated heterocycles. The number of phenols is 2. The minimum Gasteiger partial charge on any atom is -0.507 e. The zero-order valence-electron chi connectivity index (χ0n) is 25.4. The third-order valence-electron chi connectivity index (χ3n) is 7.29. The van der Waals surface area contributed by atoms with E-state index in [0.29, 0.717) is 24.3 Å². The molecule has 0 aliphatic carbocycles. The number of esters is 2. The fourth-order valence-electron chi connectivity index (χ4n) is 4.80. The molecule has 6 heteroatoms. The van der Waals surface area contributed by atoms with Gasteiger partial charge in [0.2, 0.25) is 0 Å². The Kier molecular flexibility index (Phi) is 11.7. The fraction of sp³-hybridized carbons (Fsp3) is 0.316. The second kappa shape index (κ2) is 16.1. The van der Waals surface area contributed by atoms with Gasteiger partial charge in [-0.15, -0.1) is 0 Å². The highest BCUT2D eigenvalue weighted by molar-refractivity contribution is 5.99. The Morgan fingerprint density at radius 2 is 1.00 bits per heavy atom. The van der Waals surface area contributed by atoms with Crippen molar-refractivity contribution >= 4 is 33.5 Å². The zero-order valence-corrected chi connectivity index (χ0v) is 25.4. The summed E-state index contributed by atoms with van der Waals surface area (Å²) in [4.78, 5) is 25.1. The summed E-state index contributed by atoms with van der Waals surface area (Å²) in [5.41, 5.74) is 1.68. The van der Waals surface area contributed by atoms with Crippen LogP contribution in [0.1, 0.15) is 97.1 Å². The van der Waals surface area contributed by atoms with E-state index in [1.54, 1.807) is 24.3 Å². The Hall–Kier alpha value is -4.94. The van der Waals surface area contributed by atoms with Crippen molar-refractivity contribution in [2.24, 2.45) is 0 Å². The van der Waals surface area contributed by atoms with Crippen LogP contribution in [-0.2, 0) is 9.47 Å². The first-order chi connectivity index (χ1) is 21.4. The molecule has 226 valence electrons. The smallest absolute Gasteiger partial charge is 0.341 e. The summed E-state index contributed by atoms with van der Waals surface area (Å²) >= 11 is 0. The molecule has 0 fully saturated rings. The largest absolute Gasteiger partial charge is 0.507 e. The van der Waals surface area contributed by atoms with Crippen LogP contribution in [0.25, 0.3) is 21.5 Å². The number of benzene rings is 4. The van der Waals surface area contributed by atoms with Gasteiger partial charge in [-0.1, -0.05) is 76.3 Å². The van der Waals surface area contributed by atoms with E-state index < -0.39 is 11.9 Å². The molecule has 0 unspecified atom stereocenters. The molecule has 0 aliphatic heterocycles. The Balaban J connectivity index is 1.45. The van der Waals surface area contributed by atoms with Gasteiger partial charge in [0.1, 0.15) is 22.6 Å². The maximum Gasteiger partial charge on any atom is 0.341 e. The van der Waals surface area contributed by atoms with Crippen LogP contribution in [0.15, 0.2) is 60.7 Å². The third kappa shape index (κ3) is 8.79. The van der Waals surface area contributed by atoms with Gasteiger partial charge >= 0.3 is 11.9 Å². The van der Waals surface area contributed by atoms with E-state index >= 15 is 0 Å². The van der Waals surface area contributed by atoms with Crippen LogP contribution in [0.2, 0.25) is 0 Å². The van der Waals surface area contributed by atoms with Gasteiger partial charge in [-0.05, 0) is 94.8 Å². The van der Waals surface area contributed by atoms with Crippen LogP contribution < -0.4 is 0 Å². The lowest BCUT2D eigenvalue weighted by Gasteiger charge is -2.08. The van der Waals surface area contributed by atoms with Gasteiger partial charge in [0.25, 0.3) is 0 Å². The van der Waals surface area contributed by atoms with Gasteiger partial charge in [0, 0.05) is 11.1 Å². The van der Waals surface area contributed by atoms with E-state index in [2.05, 4.69) is 37.5 Å². The molecular weight excluding hydrogens is 552 g/mol. The number of carbonyl (C=O) groups is 2. The number of hydrogen-bond acceptors (Lipinski definition) is 6. The van der Waals surface area contributed by atoms with Gasteiger partial charge in [0.05, 0.1) is 13.2 Å². The first kappa shape index (κ1) is 32.0. The Morgan fingerprint density at radius 3 is 1.41 bits per heavy atom. The Bertz CT molecular complexity index is 1630. The molecule has 0 spiro atoms. The number of hydrogen-bond donors (Lipinski definition) is 2. The molecule has 0 amide bonds. The highest BCUT2D eigenvalue weighted by Gasteiger charge is 2.15. The normalized spacial score (nSPS) is 10.5. The number of unbranched alkanes of at least 4 members (excludes halogenated alkanes) is 6. The van der Waals surface area contributed by atoms with Crippen molar-refractivity contribution < 1.29 is 29.3 Å². The molecular formula is C38H38O6. The van der Waals surface area contributed by atoms with Gasteiger partial charge in [-0.3, -0.25) is 0 Å². The van der Waals surface area contributed by atoms with Crippen LogP contribution in [0.5, 0.6) is 11.5 Å².